The molecule has 0 saturated carbocycles. The summed E-state index contributed by atoms with van der Waals surface area (Å²) < 4.78 is 53.7. The van der Waals surface area contributed by atoms with Crippen LogP contribution in [0.2, 0.25) is 0 Å². The topological polar surface area (TPSA) is 186 Å². The molecule has 1 aliphatic heterocycles. The van der Waals surface area contributed by atoms with E-state index in [1.807, 2.05) is 0 Å². The molecule has 13 heteroatoms. The quantitative estimate of drug-likeness (QED) is 0.0269. The summed E-state index contributed by atoms with van der Waals surface area (Å²) in [7, 11) is -4.59. The maximum atomic E-state index is 12.7. The van der Waals surface area contributed by atoms with Gasteiger partial charge >= 0.3 is 11.9 Å². The Balaban J connectivity index is 2.52. The maximum absolute atomic E-state index is 12.7. The fourth-order valence-corrected chi connectivity index (χ4v) is 6.48. The molecule has 0 aromatic carbocycles. The van der Waals surface area contributed by atoms with Gasteiger partial charge in [0.05, 0.1) is 6.61 Å². The van der Waals surface area contributed by atoms with Crippen LogP contribution < -0.4 is 0 Å². The van der Waals surface area contributed by atoms with Crippen molar-refractivity contribution in [2.24, 2.45) is 0 Å². The number of hydrogen-bond acceptors (Lipinski definition) is 11. The Morgan fingerprint density at radius 3 is 1.68 bits per heavy atom. The minimum Gasteiger partial charge on any atom is -0.462 e. The van der Waals surface area contributed by atoms with Crippen molar-refractivity contribution >= 4 is 22.1 Å². The van der Waals surface area contributed by atoms with Crippen LogP contribution in [0, 0.1) is 0 Å². The summed E-state index contributed by atoms with van der Waals surface area (Å²) in [4.78, 5) is 25.1. The molecule has 0 radical (unpaired) electrons. The van der Waals surface area contributed by atoms with E-state index in [1.54, 1.807) is 0 Å². The molecule has 1 heterocycles. The summed E-state index contributed by atoms with van der Waals surface area (Å²) in [6.07, 6.45) is 17.1. The Kier molecular flexibility index (Phi) is 26.8. The van der Waals surface area contributed by atoms with Crippen molar-refractivity contribution in [2.45, 2.75) is 192 Å². The molecule has 294 valence electrons. The maximum Gasteiger partial charge on any atom is 0.306 e. The summed E-state index contributed by atoms with van der Waals surface area (Å²) in [5.41, 5.74) is 0. The van der Waals surface area contributed by atoms with E-state index in [1.165, 1.54) is 57.8 Å². The van der Waals surface area contributed by atoms with Gasteiger partial charge in [-0.15, -0.1) is 0 Å². The fourth-order valence-electron chi connectivity index (χ4n) is 5.79. The SMILES string of the molecule is CCCCCC/C=C/CCCCCCCC(=O)OC[C@H](CO[C@H]1O[C@H](CS(=O)(=O)O)[C@@H](O)C(O)C1O)OC(=O)CCCCCCCCCCC. The van der Waals surface area contributed by atoms with Gasteiger partial charge in [0.15, 0.2) is 12.4 Å². The van der Waals surface area contributed by atoms with Crippen LogP contribution in [0.25, 0.3) is 0 Å². The number of ether oxygens (including phenoxy) is 4. The van der Waals surface area contributed by atoms with Gasteiger partial charge in [0.2, 0.25) is 0 Å². The van der Waals surface area contributed by atoms with Gasteiger partial charge < -0.3 is 34.3 Å². The second-order valence-corrected chi connectivity index (χ2v) is 15.1. The summed E-state index contributed by atoms with van der Waals surface area (Å²) in [6, 6.07) is 0. The van der Waals surface area contributed by atoms with Crippen molar-refractivity contribution < 1.29 is 56.8 Å². The number of carbonyl (C=O) groups excluding carboxylic acids is 2. The first-order valence-corrected chi connectivity index (χ1v) is 20.9. The molecular formula is C37H68O12S. The number of aliphatic hydroxyl groups is 3. The van der Waals surface area contributed by atoms with Gasteiger partial charge in [0.25, 0.3) is 10.1 Å². The second-order valence-electron chi connectivity index (χ2n) is 13.6. The molecule has 50 heavy (non-hydrogen) atoms. The van der Waals surface area contributed by atoms with E-state index < -0.39 is 71.2 Å². The van der Waals surface area contributed by atoms with E-state index in [2.05, 4.69) is 26.0 Å². The predicted molar refractivity (Wildman–Crippen MR) is 192 cm³/mol. The Labute approximate surface area is 301 Å². The van der Waals surface area contributed by atoms with Crippen LogP contribution in [0.5, 0.6) is 0 Å². The number of aliphatic hydroxyl groups excluding tert-OH is 3. The molecule has 1 rings (SSSR count). The van der Waals surface area contributed by atoms with E-state index in [9.17, 15) is 37.9 Å². The first kappa shape index (κ1) is 46.4. The van der Waals surface area contributed by atoms with Crippen LogP contribution in [-0.4, -0.2) is 96.0 Å². The van der Waals surface area contributed by atoms with Crippen LogP contribution in [0.3, 0.4) is 0 Å². The highest BCUT2D eigenvalue weighted by molar-refractivity contribution is 7.85. The van der Waals surface area contributed by atoms with Crippen molar-refractivity contribution in [1.82, 2.24) is 0 Å². The number of rotatable bonds is 31. The van der Waals surface area contributed by atoms with Gasteiger partial charge in [-0.25, -0.2) is 0 Å². The smallest absolute Gasteiger partial charge is 0.306 e. The second kappa shape index (κ2) is 28.9. The van der Waals surface area contributed by atoms with E-state index >= 15 is 0 Å². The average Bonchev–Trinajstić information content (AvgIpc) is 3.07. The standard InChI is InChI=1S/C37H68O12S/c1-3-5-7-9-11-13-14-15-16-18-19-21-23-25-32(38)46-27-30(48-33(39)26-24-22-20-17-12-10-8-6-4-2)28-47-37-36(42)35(41)34(40)31(49-37)29-50(43,44)45/h13-14,30-31,34-37,40-42H,3-12,15-29H2,1-2H3,(H,43,44,45)/b14-13+/t30-,31-,34-,35?,36?,37+/m1/s1. The summed E-state index contributed by atoms with van der Waals surface area (Å²) in [6.45, 7) is 3.68. The van der Waals surface area contributed by atoms with E-state index in [0.717, 1.165) is 57.8 Å². The van der Waals surface area contributed by atoms with Gasteiger partial charge in [-0.3, -0.25) is 14.1 Å². The van der Waals surface area contributed by atoms with E-state index in [0.29, 0.717) is 12.8 Å². The monoisotopic (exact) mass is 736 g/mol. The molecule has 6 atom stereocenters. The predicted octanol–water partition coefficient (Wildman–Crippen LogP) is 6.33. The molecule has 0 aromatic rings. The fraction of sp³-hybridized carbons (Fsp3) is 0.892. The third-order valence-electron chi connectivity index (χ3n) is 8.85. The third kappa shape index (κ3) is 23.8. The van der Waals surface area contributed by atoms with Crippen LogP contribution in [0.15, 0.2) is 12.2 Å². The molecule has 1 saturated heterocycles. The zero-order valence-corrected chi connectivity index (χ0v) is 31.6. The molecule has 0 aliphatic carbocycles. The molecular weight excluding hydrogens is 668 g/mol. The molecule has 2 unspecified atom stereocenters. The Morgan fingerprint density at radius 2 is 1.14 bits per heavy atom. The van der Waals surface area contributed by atoms with Gasteiger partial charge in [0.1, 0.15) is 36.8 Å². The van der Waals surface area contributed by atoms with Gasteiger partial charge in [-0.2, -0.15) is 8.42 Å². The lowest BCUT2D eigenvalue weighted by Crippen LogP contribution is -2.60. The molecule has 0 amide bonds. The lowest BCUT2D eigenvalue weighted by molar-refractivity contribution is -0.297. The Morgan fingerprint density at radius 1 is 0.660 bits per heavy atom. The highest BCUT2D eigenvalue weighted by Gasteiger charge is 2.46. The first-order chi connectivity index (χ1) is 24.0. The van der Waals surface area contributed by atoms with E-state index in [4.69, 9.17) is 18.9 Å². The summed E-state index contributed by atoms with van der Waals surface area (Å²) in [5.74, 6) is -1.99. The number of carbonyl (C=O) groups is 2. The molecule has 0 aromatic heterocycles. The zero-order valence-electron chi connectivity index (χ0n) is 30.8. The number of hydrogen-bond donors (Lipinski definition) is 4. The highest BCUT2D eigenvalue weighted by atomic mass is 32.2. The minimum absolute atomic E-state index is 0.166. The third-order valence-corrected chi connectivity index (χ3v) is 9.60. The number of esters is 2. The lowest BCUT2D eigenvalue weighted by atomic mass is 10.00. The molecule has 1 aliphatic rings. The Hall–Kier alpha value is -1.61. The molecule has 0 spiro atoms. The van der Waals surface area contributed by atoms with Crippen LogP contribution in [0.1, 0.15) is 155 Å². The largest absolute Gasteiger partial charge is 0.462 e. The highest BCUT2D eigenvalue weighted by Crippen LogP contribution is 2.24. The van der Waals surface area contributed by atoms with Crippen molar-refractivity contribution in [3.8, 4) is 0 Å². The normalized spacial score (nSPS) is 21.8. The van der Waals surface area contributed by atoms with Crippen LogP contribution >= 0.6 is 0 Å². The van der Waals surface area contributed by atoms with Gasteiger partial charge in [-0.1, -0.05) is 116 Å². The zero-order chi connectivity index (χ0) is 37.0. The first-order valence-electron chi connectivity index (χ1n) is 19.2. The van der Waals surface area contributed by atoms with E-state index in [-0.39, 0.29) is 19.4 Å². The van der Waals surface area contributed by atoms with Gasteiger partial charge in [-0.05, 0) is 38.5 Å². The Bertz CT molecular complexity index is 1000. The number of allylic oxidation sites excluding steroid dienone is 2. The molecule has 1 fully saturated rings. The molecule has 12 nitrogen and oxygen atoms in total. The summed E-state index contributed by atoms with van der Waals surface area (Å²) in [5, 5.41) is 30.7. The van der Waals surface area contributed by atoms with Crippen LogP contribution in [-0.2, 0) is 38.7 Å². The average molecular weight is 737 g/mol. The summed E-state index contributed by atoms with van der Waals surface area (Å²) >= 11 is 0. The van der Waals surface area contributed by atoms with Crippen molar-refractivity contribution in [3.05, 3.63) is 12.2 Å². The van der Waals surface area contributed by atoms with Crippen molar-refractivity contribution in [1.29, 1.82) is 0 Å². The molecule has 0 bridgehead atoms. The van der Waals surface area contributed by atoms with Crippen molar-refractivity contribution in [3.63, 3.8) is 0 Å². The van der Waals surface area contributed by atoms with Gasteiger partial charge in [0, 0.05) is 12.8 Å². The minimum atomic E-state index is -4.59. The molecule has 4 N–H and O–H groups in total. The number of unbranched alkanes of at least 4 members (excludes halogenated alkanes) is 17. The van der Waals surface area contributed by atoms with Crippen molar-refractivity contribution in [2.75, 3.05) is 19.0 Å². The van der Waals surface area contributed by atoms with Crippen LogP contribution in [0.4, 0.5) is 0 Å². The lowest BCUT2D eigenvalue weighted by Gasteiger charge is -2.40.